The molecular weight excluding hydrogens is 400 g/mol. The van der Waals surface area contributed by atoms with Crippen molar-refractivity contribution in [2.24, 2.45) is 5.14 Å². The lowest BCUT2D eigenvalue weighted by molar-refractivity contribution is 0.102. The molecule has 1 heterocycles. The van der Waals surface area contributed by atoms with E-state index in [1.807, 2.05) is 19.1 Å². The number of amides is 1. The first kappa shape index (κ1) is 20.1. The number of halogens is 1. The van der Waals surface area contributed by atoms with Crippen LogP contribution in [0.1, 0.15) is 28.5 Å². The van der Waals surface area contributed by atoms with Crippen molar-refractivity contribution in [3.8, 4) is 5.69 Å². The van der Waals surface area contributed by atoms with Crippen LogP contribution in [-0.4, -0.2) is 24.1 Å². The molecule has 0 aliphatic rings. The summed E-state index contributed by atoms with van der Waals surface area (Å²) in [5, 5.41) is 12.8. The van der Waals surface area contributed by atoms with E-state index in [1.54, 1.807) is 41.1 Å². The molecular formula is C19H19ClN4O3S. The van der Waals surface area contributed by atoms with Crippen molar-refractivity contribution in [3.05, 3.63) is 76.6 Å². The van der Waals surface area contributed by atoms with Crippen LogP contribution >= 0.6 is 11.6 Å². The van der Waals surface area contributed by atoms with Crippen LogP contribution in [0.25, 0.3) is 5.69 Å². The second-order valence-electron chi connectivity index (χ2n) is 6.21. The third-order valence-corrected chi connectivity index (χ3v) is 5.02. The van der Waals surface area contributed by atoms with Gasteiger partial charge in [-0.15, -0.1) is 0 Å². The first-order valence-electron chi connectivity index (χ1n) is 8.50. The fourth-order valence-electron chi connectivity index (χ4n) is 2.90. The second-order valence-corrected chi connectivity index (χ2v) is 8.26. The molecule has 0 bridgehead atoms. The summed E-state index contributed by atoms with van der Waals surface area (Å²) in [5.41, 5.74) is 2.90. The predicted octanol–water partition coefficient (Wildman–Crippen LogP) is 3.13. The number of hydrogen-bond donors (Lipinski definition) is 2. The van der Waals surface area contributed by atoms with Crippen LogP contribution in [0.4, 0.5) is 5.69 Å². The minimum absolute atomic E-state index is 0.302. The van der Waals surface area contributed by atoms with Gasteiger partial charge in [0.2, 0.25) is 10.0 Å². The number of hydrogen-bond acceptors (Lipinski definition) is 4. The third-order valence-electron chi connectivity index (χ3n) is 4.05. The number of aromatic nitrogens is 2. The van der Waals surface area contributed by atoms with Crippen LogP contribution in [0.5, 0.6) is 0 Å². The molecule has 0 aliphatic heterocycles. The molecule has 3 aromatic rings. The lowest BCUT2D eigenvalue weighted by Crippen LogP contribution is -2.16. The van der Waals surface area contributed by atoms with E-state index < -0.39 is 10.0 Å². The molecule has 0 radical (unpaired) electrons. The highest BCUT2D eigenvalue weighted by atomic mass is 35.5. The SMILES string of the molecule is CCc1c(C(=O)Nc2cccc(CS(N)(=O)=O)c2)cnn1-c1cccc(Cl)c1. The number of anilines is 1. The van der Waals surface area contributed by atoms with Gasteiger partial charge in [0.25, 0.3) is 5.91 Å². The molecule has 0 saturated heterocycles. The maximum atomic E-state index is 12.8. The number of nitrogens with zero attached hydrogens (tertiary/aromatic N) is 2. The minimum atomic E-state index is -3.65. The Morgan fingerprint density at radius 3 is 2.64 bits per heavy atom. The Balaban J connectivity index is 1.87. The molecule has 28 heavy (non-hydrogen) atoms. The molecule has 0 fully saturated rings. The van der Waals surface area contributed by atoms with Gasteiger partial charge in [0.1, 0.15) is 0 Å². The third kappa shape index (κ3) is 4.78. The van der Waals surface area contributed by atoms with Crippen molar-refractivity contribution in [2.75, 3.05) is 5.32 Å². The number of sulfonamides is 1. The Bertz CT molecular complexity index is 1130. The van der Waals surface area contributed by atoms with Crippen LogP contribution < -0.4 is 10.5 Å². The Kier molecular flexibility index (Phi) is 5.83. The van der Waals surface area contributed by atoms with Gasteiger partial charge >= 0.3 is 0 Å². The van der Waals surface area contributed by atoms with Crippen molar-refractivity contribution in [2.45, 2.75) is 19.1 Å². The van der Waals surface area contributed by atoms with Crippen molar-refractivity contribution in [3.63, 3.8) is 0 Å². The molecule has 146 valence electrons. The van der Waals surface area contributed by atoms with E-state index in [1.165, 1.54) is 6.20 Å². The zero-order chi connectivity index (χ0) is 20.3. The van der Waals surface area contributed by atoms with Crippen LogP contribution in [-0.2, 0) is 22.2 Å². The van der Waals surface area contributed by atoms with E-state index in [9.17, 15) is 13.2 Å². The number of rotatable bonds is 6. The molecule has 9 heteroatoms. The number of carbonyl (C=O) groups is 1. The average Bonchev–Trinajstić information content (AvgIpc) is 3.04. The number of primary sulfonamides is 1. The van der Waals surface area contributed by atoms with E-state index in [0.717, 1.165) is 11.4 Å². The van der Waals surface area contributed by atoms with Crippen LogP contribution in [0.2, 0.25) is 5.02 Å². The van der Waals surface area contributed by atoms with Gasteiger partial charge < -0.3 is 5.32 Å². The van der Waals surface area contributed by atoms with Crippen molar-refractivity contribution >= 4 is 33.2 Å². The summed E-state index contributed by atoms with van der Waals surface area (Å²) in [5.74, 6) is -0.637. The van der Waals surface area contributed by atoms with Crippen molar-refractivity contribution in [1.82, 2.24) is 9.78 Å². The molecule has 7 nitrogen and oxygen atoms in total. The summed E-state index contributed by atoms with van der Waals surface area (Å²) in [6.45, 7) is 1.93. The van der Waals surface area contributed by atoms with E-state index in [0.29, 0.717) is 28.3 Å². The summed E-state index contributed by atoms with van der Waals surface area (Å²) < 4.78 is 24.2. The van der Waals surface area contributed by atoms with Gasteiger partial charge in [-0.3, -0.25) is 4.79 Å². The van der Waals surface area contributed by atoms with Gasteiger partial charge in [0.15, 0.2) is 0 Å². The molecule has 1 amide bonds. The molecule has 0 unspecified atom stereocenters. The first-order chi connectivity index (χ1) is 13.3. The second kappa shape index (κ2) is 8.14. The van der Waals surface area contributed by atoms with Crippen LogP contribution in [0, 0.1) is 0 Å². The molecule has 0 aliphatic carbocycles. The Hall–Kier alpha value is -2.68. The molecule has 0 atom stereocenters. The number of nitrogens with two attached hydrogens (primary N) is 1. The van der Waals surface area contributed by atoms with Gasteiger partial charge in [0, 0.05) is 10.7 Å². The summed E-state index contributed by atoms with van der Waals surface area (Å²) in [7, 11) is -3.65. The number of benzene rings is 2. The lowest BCUT2D eigenvalue weighted by atomic mass is 10.1. The van der Waals surface area contributed by atoms with Gasteiger partial charge in [-0.05, 0) is 42.3 Å². The highest BCUT2D eigenvalue weighted by Crippen LogP contribution is 2.20. The Morgan fingerprint density at radius 2 is 1.96 bits per heavy atom. The molecule has 0 saturated carbocycles. The minimum Gasteiger partial charge on any atom is -0.322 e. The normalized spacial score (nSPS) is 11.4. The fraction of sp³-hybridized carbons (Fsp3) is 0.158. The first-order valence-corrected chi connectivity index (χ1v) is 10.6. The van der Waals surface area contributed by atoms with Crippen LogP contribution in [0.3, 0.4) is 0 Å². The predicted molar refractivity (Wildman–Crippen MR) is 109 cm³/mol. The molecule has 3 N–H and O–H groups in total. The zero-order valence-corrected chi connectivity index (χ0v) is 16.7. The summed E-state index contributed by atoms with van der Waals surface area (Å²) in [6, 6.07) is 13.8. The molecule has 1 aromatic heterocycles. The van der Waals surface area contributed by atoms with E-state index in [-0.39, 0.29) is 11.7 Å². The maximum absolute atomic E-state index is 12.8. The van der Waals surface area contributed by atoms with E-state index in [4.69, 9.17) is 16.7 Å². The zero-order valence-electron chi connectivity index (χ0n) is 15.1. The van der Waals surface area contributed by atoms with Gasteiger partial charge in [-0.25, -0.2) is 18.2 Å². The largest absolute Gasteiger partial charge is 0.322 e. The van der Waals surface area contributed by atoms with Crippen molar-refractivity contribution < 1.29 is 13.2 Å². The molecule has 2 aromatic carbocycles. The topological polar surface area (TPSA) is 107 Å². The standard InChI is InChI=1S/C19H19ClN4O3S/c1-2-18-17(11-22-24(18)16-8-4-6-14(20)10-16)19(25)23-15-7-3-5-13(9-15)12-28(21,26)27/h3-11H,2,12H2,1H3,(H,23,25)(H2,21,26,27). The highest BCUT2D eigenvalue weighted by molar-refractivity contribution is 7.88. The molecule has 0 spiro atoms. The van der Waals surface area contributed by atoms with Gasteiger partial charge in [0.05, 0.1) is 28.9 Å². The number of nitrogens with one attached hydrogen (secondary N) is 1. The van der Waals surface area contributed by atoms with E-state index >= 15 is 0 Å². The smallest absolute Gasteiger partial charge is 0.259 e. The summed E-state index contributed by atoms with van der Waals surface area (Å²) in [4.78, 5) is 12.8. The van der Waals surface area contributed by atoms with Crippen molar-refractivity contribution in [1.29, 1.82) is 0 Å². The van der Waals surface area contributed by atoms with Gasteiger partial charge in [-0.2, -0.15) is 5.10 Å². The Labute approximate surface area is 168 Å². The Morgan fingerprint density at radius 1 is 1.21 bits per heavy atom. The lowest BCUT2D eigenvalue weighted by Gasteiger charge is -2.09. The quantitative estimate of drug-likeness (QED) is 0.641. The molecule has 3 rings (SSSR count). The summed E-state index contributed by atoms with van der Waals surface area (Å²) in [6.07, 6.45) is 2.09. The number of carbonyl (C=O) groups excluding carboxylic acids is 1. The average molecular weight is 419 g/mol. The van der Waals surface area contributed by atoms with E-state index in [2.05, 4.69) is 10.4 Å². The van der Waals surface area contributed by atoms with Crippen LogP contribution in [0.15, 0.2) is 54.7 Å². The van der Waals surface area contributed by atoms with Gasteiger partial charge in [-0.1, -0.05) is 36.7 Å². The fourth-order valence-corrected chi connectivity index (χ4v) is 3.73. The monoisotopic (exact) mass is 418 g/mol. The maximum Gasteiger partial charge on any atom is 0.259 e. The summed E-state index contributed by atoms with van der Waals surface area (Å²) >= 11 is 6.06. The highest BCUT2D eigenvalue weighted by Gasteiger charge is 2.18.